The van der Waals surface area contributed by atoms with Crippen molar-refractivity contribution in [1.82, 2.24) is 20.2 Å². The molecule has 0 spiro atoms. The number of halogens is 1. The average Bonchev–Trinajstić information content (AvgIpc) is 2.77. The van der Waals surface area contributed by atoms with Crippen LogP contribution >= 0.6 is 11.6 Å². The summed E-state index contributed by atoms with van der Waals surface area (Å²) >= 11 is 5.77. The summed E-state index contributed by atoms with van der Waals surface area (Å²) < 4.78 is 4.82. The van der Waals surface area contributed by atoms with Gasteiger partial charge in [0.25, 0.3) is 0 Å². The Morgan fingerprint density at radius 3 is 3.17 bits per heavy atom. The smallest absolute Gasteiger partial charge is 0.307 e. The molecule has 0 bridgehead atoms. The van der Waals surface area contributed by atoms with E-state index in [-0.39, 0.29) is 17.7 Å². The Hall–Kier alpha value is -1.89. The number of anilines is 1. The van der Waals surface area contributed by atoms with Gasteiger partial charge in [-0.05, 0) is 18.5 Å². The fraction of sp³-hybridized carbons (Fsp3) is 0.400. The number of H-pyrrole nitrogens is 1. The van der Waals surface area contributed by atoms with Crippen LogP contribution < -0.4 is 5.32 Å². The summed E-state index contributed by atoms with van der Waals surface area (Å²) in [6.45, 7) is 2.56. The second-order valence-corrected chi connectivity index (χ2v) is 3.79. The van der Waals surface area contributed by atoms with E-state index in [1.165, 1.54) is 0 Å². The third-order valence-electron chi connectivity index (χ3n) is 2.21. The lowest BCUT2D eigenvalue weighted by molar-refractivity contribution is -0.142. The summed E-state index contributed by atoms with van der Waals surface area (Å²) in [7, 11) is 0. The van der Waals surface area contributed by atoms with Crippen LogP contribution in [-0.4, -0.2) is 39.3 Å². The molecule has 0 radical (unpaired) electrons. The van der Waals surface area contributed by atoms with Gasteiger partial charge in [0, 0.05) is 6.54 Å². The minimum absolute atomic E-state index is 0.116. The van der Waals surface area contributed by atoms with Gasteiger partial charge in [0.1, 0.15) is 5.82 Å². The highest BCUT2D eigenvalue weighted by molar-refractivity contribution is 6.28. The van der Waals surface area contributed by atoms with E-state index in [9.17, 15) is 4.79 Å². The van der Waals surface area contributed by atoms with E-state index in [0.29, 0.717) is 24.6 Å². The highest BCUT2D eigenvalue weighted by atomic mass is 35.5. The predicted molar refractivity (Wildman–Crippen MR) is 66.4 cm³/mol. The molecule has 2 heterocycles. The first kappa shape index (κ1) is 12.6. The standard InChI is InChI=1S/C10H12ClN5O2/c1-2-18-7(17)3-4-12-8-6-5-13-16-9(6)15-10(11)14-8/h5H,2-4H2,1H3,(H2,12,13,14,15,16). The zero-order valence-corrected chi connectivity index (χ0v) is 10.5. The summed E-state index contributed by atoms with van der Waals surface area (Å²) in [6.07, 6.45) is 1.85. The number of carbonyl (C=O) groups is 1. The second-order valence-electron chi connectivity index (χ2n) is 3.46. The van der Waals surface area contributed by atoms with Crippen LogP contribution in [0.5, 0.6) is 0 Å². The SMILES string of the molecule is CCOC(=O)CCNc1nc(Cl)nc2[nH]ncc12. The van der Waals surface area contributed by atoms with E-state index >= 15 is 0 Å². The number of hydrogen-bond donors (Lipinski definition) is 2. The third-order valence-corrected chi connectivity index (χ3v) is 2.38. The van der Waals surface area contributed by atoms with Crippen molar-refractivity contribution >= 4 is 34.4 Å². The Morgan fingerprint density at radius 1 is 1.56 bits per heavy atom. The maximum absolute atomic E-state index is 11.2. The number of aromatic nitrogens is 4. The van der Waals surface area contributed by atoms with Crippen LogP contribution in [0.25, 0.3) is 11.0 Å². The van der Waals surface area contributed by atoms with Crippen molar-refractivity contribution in [2.75, 3.05) is 18.5 Å². The first-order valence-electron chi connectivity index (χ1n) is 5.47. The number of hydrogen-bond acceptors (Lipinski definition) is 6. The molecule has 0 atom stereocenters. The summed E-state index contributed by atoms with van der Waals surface area (Å²) in [5.41, 5.74) is 0.550. The number of ether oxygens (including phenoxy) is 1. The molecule has 0 fully saturated rings. The van der Waals surface area contributed by atoms with Gasteiger partial charge in [0.2, 0.25) is 5.28 Å². The minimum atomic E-state index is -0.256. The molecule has 96 valence electrons. The summed E-state index contributed by atoms with van der Waals surface area (Å²) in [5, 5.41) is 10.4. The Morgan fingerprint density at radius 2 is 2.39 bits per heavy atom. The lowest BCUT2D eigenvalue weighted by atomic mass is 10.3. The number of carbonyl (C=O) groups excluding carboxylic acids is 1. The van der Waals surface area contributed by atoms with Gasteiger partial charge in [0.05, 0.1) is 24.6 Å². The monoisotopic (exact) mass is 269 g/mol. The normalized spacial score (nSPS) is 10.6. The molecule has 8 heteroatoms. The highest BCUT2D eigenvalue weighted by Gasteiger charge is 2.08. The van der Waals surface area contributed by atoms with Crippen LogP contribution in [0, 0.1) is 0 Å². The molecule has 0 saturated carbocycles. The van der Waals surface area contributed by atoms with Gasteiger partial charge in [-0.2, -0.15) is 15.1 Å². The lowest BCUT2D eigenvalue weighted by Gasteiger charge is -2.06. The Kier molecular flexibility index (Phi) is 3.93. The number of esters is 1. The van der Waals surface area contributed by atoms with Gasteiger partial charge in [-0.15, -0.1) is 0 Å². The van der Waals surface area contributed by atoms with Gasteiger partial charge in [-0.25, -0.2) is 0 Å². The third kappa shape index (κ3) is 2.86. The van der Waals surface area contributed by atoms with Crippen molar-refractivity contribution in [2.24, 2.45) is 0 Å². The topological polar surface area (TPSA) is 92.8 Å². The second kappa shape index (κ2) is 5.63. The fourth-order valence-corrected chi connectivity index (χ4v) is 1.63. The molecule has 7 nitrogen and oxygen atoms in total. The van der Waals surface area contributed by atoms with Crippen molar-refractivity contribution in [3.63, 3.8) is 0 Å². The maximum atomic E-state index is 11.2. The number of rotatable bonds is 5. The van der Waals surface area contributed by atoms with Crippen molar-refractivity contribution in [3.05, 3.63) is 11.5 Å². The summed E-state index contributed by atoms with van der Waals surface area (Å²) in [4.78, 5) is 19.2. The Labute approximate surface area is 108 Å². The lowest BCUT2D eigenvalue weighted by Crippen LogP contribution is -2.12. The number of fused-ring (bicyclic) bond motifs is 1. The zero-order chi connectivity index (χ0) is 13.0. The van der Waals surface area contributed by atoms with E-state index in [1.807, 2.05) is 0 Å². The quantitative estimate of drug-likeness (QED) is 0.629. The van der Waals surface area contributed by atoms with Gasteiger partial charge in [0.15, 0.2) is 5.65 Å². The highest BCUT2D eigenvalue weighted by Crippen LogP contribution is 2.19. The van der Waals surface area contributed by atoms with Gasteiger partial charge in [-0.3, -0.25) is 9.89 Å². The maximum Gasteiger partial charge on any atom is 0.307 e. The molecule has 0 saturated heterocycles. The minimum Gasteiger partial charge on any atom is -0.466 e. The number of aromatic amines is 1. The Bertz CT molecular complexity index is 556. The molecule has 0 aliphatic heterocycles. The zero-order valence-electron chi connectivity index (χ0n) is 9.73. The van der Waals surface area contributed by atoms with Crippen molar-refractivity contribution < 1.29 is 9.53 Å². The van der Waals surface area contributed by atoms with E-state index in [0.717, 1.165) is 5.39 Å². The first-order chi connectivity index (χ1) is 8.70. The van der Waals surface area contributed by atoms with Crippen LogP contribution in [0.3, 0.4) is 0 Å². The van der Waals surface area contributed by atoms with E-state index < -0.39 is 0 Å². The number of nitrogens with zero attached hydrogens (tertiary/aromatic N) is 3. The van der Waals surface area contributed by atoms with Gasteiger partial charge < -0.3 is 10.1 Å². The molecule has 18 heavy (non-hydrogen) atoms. The van der Waals surface area contributed by atoms with Crippen LogP contribution in [0.4, 0.5) is 5.82 Å². The van der Waals surface area contributed by atoms with Crippen LogP contribution in [-0.2, 0) is 9.53 Å². The molecule has 0 aliphatic rings. The van der Waals surface area contributed by atoms with Gasteiger partial charge in [-0.1, -0.05) is 0 Å². The molecule has 0 aliphatic carbocycles. The fourth-order valence-electron chi connectivity index (χ4n) is 1.46. The van der Waals surface area contributed by atoms with E-state index in [1.54, 1.807) is 13.1 Å². The molecule has 0 amide bonds. The van der Waals surface area contributed by atoms with Crippen molar-refractivity contribution in [1.29, 1.82) is 0 Å². The predicted octanol–water partition coefficient (Wildman–Crippen LogP) is 1.37. The molecule has 0 aromatic carbocycles. The first-order valence-corrected chi connectivity index (χ1v) is 5.84. The van der Waals surface area contributed by atoms with Crippen molar-refractivity contribution in [3.8, 4) is 0 Å². The Balaban J connectivity index is 2.03. The van der Waals surface area contributed by atoms with Crippen LogP contribution in [0.2, 0.25) is 5.28 Å². The molecule has 2 aromatic heterocycles. The van der Waals surface area contributed by atoms with Gasteiger partial charge >= 0.3 is 5.97 Å². The average molecular weight is 270 g/mol. The van der Waals surface area contributed by atoms with Crippen LogP contribution in [0.1, 0.15) is 13.3 Å². The molecular weight excluding hydrogens is 258 g/mol. The van der Waals surface area contributed by atoms with Crippen molar-refractivity contribution in [2.45, 2.75) is 13.3 Å². The van der Waals surface area contributed by atoms with E-state index in [4.69, 9.17) is 16.3 Å². The molecule has 2 N–H and O–H groups in total. The molecule has 2 aromatic rings. The molecular formula is C10H12ClN5O2. The van der Waals surface area contributed by atoms with Crippen LogP contribution in [0.15, 0.2) is 6.20 Å². The number of nitrogens with one attached hydrogen (secondary N) is 2. The van der Waals surface area contributed by atoms with E-state index in [2.05, 4.69) is 25.5 Å². The molecule has 0 unspecified atom stereocenters. The molecule has 2 rings (SSSR count). The summed E-state index contributed by atoms with van der Waals surface area (Å²) in [6, 6.07) is 0. The largest absolute Gasteiger partial charge is 0.466 e. The summed E-state index contributed by atoms with van der Waals surface area (Å²) in [5.74, 6) is 0.289.